The van der Waals surface area contributed by atoms with E-state index in [1.165, 1.54) is 31.2 Å². The monoisotopic (exact) mass is 332 g/mol. The van der Waals surface area contributed by atoms with E-state index < -0.39 is 22.4 Å². The van der Waals surface area contributed by atoms with Crippen molar-refractivity contribution in [2.45, 2.75) is 31.3 Å². The van der Waals surface area contributed by atoms with Crippen LogP contribution in [0.5, 0.6) is 0 Å². The van der Waals surface area contributed by atoms with E-state index in [1.807, 2.05) is 0 Å². The molecule has 2 aliphatic rings. The maximum Gasteiger partial charge on any atom is 0.325 e. The molecule has 126 valence electrons. The zero-order chi connectivity index (χ0) is 17.5. The number of carbonyl (C=O) groups is 3. The Labute approximate surface area is 137 Å². The number of rotatable bonds is 5. The van der Waals surface area contributed by atoms with E-state index in [-0.39, 0.29) is 24.2 Å². The lowest BCUT2D eigenvalue weighted by molar-refractivity contribution is -0.384. The van der Waals surface area contributed by atoms with Gasteiger partial charge in [0.2, 0.25) is 5.91 Å². The summed E-state index contributed by atoms with van der Waals surface area (Å²) in [6, 6.07) is 4.85. The lowest BCUT2D eigenvalue weighted by Crippen LogP contribution is -2.43. The number of non-ortho nitro benzene ring substituents is 1. The van der Waals surface area contributed by atoms with Crippen LogP contribution in [-0.2, 0) is 15.1 Å². The Hall–Kier alpha value is -2.97. The van der Waals surface area contributed by atoms with E-state index in [2.05, 4.69) is 10.6 Å². The summed E-state index contributed by atoms with van der Waals surface area (Å²) in [5.74, 6) is -0.943. The Morgan fingerprint density at radius 3 is 2.54 bits per heavy atom. The number of carbonyl (C=O) groups excluding carboxylic acids is 3. The van der Waals surface area contributed by atoms with Gasteiger partial charge in [-0.1, -0.05) is 0 Å². The van der Waals surface area contributed by atoms with Gasteiger partial charge >= 0.3 is 6.03 Å². The van der Waals surface area contributed by atoms with Crippen molar-refractivity contribution >= 4 is 23.5 Å². The molecule has 1 aliphatic heterocycles. The van der Waals surface area contributed by atoms with Gasteiger partial charge in [-0.25, -0.2) is 4.79 Å². The van der Waals surface area contributed by atoms with Crippen LogP contribution in [0.3, 0.4) is 0 Å². The highest BCUT2D eigenvalue weighted by Gasteiger charge is 2.49. The summed E-state index contributed by atoms with van der Waals surface area (Å²) < 4.78 is 0. The molecule has 24 heavy (non-hydrogen) atoms. The first-order chi connectivity index (χ1) is 11.3. The van der Waals surface area contributed by atoms with Crippen LogP contribution < -0.4 is 10.6 Å². The third kappa shape index (κ3) is 2.80. The molecule has 0 bridgehead atoms. The van der Waals surface area contributed by atoms with Gasteiger partial charge in [0.25, 0.3) is 11.6 Å². The van der Waals surface area contributed by atoms with Crippen molar-refractivity contribution in [1.29, 1.82) is 0 Å². The summed E-state index contributed by atoms with van der Waals surface area (Å²) in [7, 11) is 0. The number of hydrogen-bond acceptors (Lipinski definition) is 5. The van der Waals surface area contributed by atoms with Crippen LogP contribution in [0.4, 0.5) is 10.5 Å². The largest absolute Gasteiger partial charge is 0.352 e. The number of nitrogens with one attached hydrogen (secondary N) is 2. The minimum Gasteiger partial charge on any atom is -0.352 e. The predicted molar refractivity (Wildman–Crippen MR) is 81.9 cm³/mol. The van der Waals surface area contributed by atoms with Crippen LogP contribution in [0.25, 0.3) is 0 Å². The summed E-state index contributed by atoms with van der Waals surface area (Å²) in [4.78, 5) is 47.6. The van der Waals surface area contributed by atoms with Gasteiger partial charge in [0.15, 0.2) is 0 Å². The van der Waals surface area contributed by atoms with Crippen LogP contribution in [0.2, 0.25) is 0 Å². The van der Waals surface area contributed by atoms with Gasteiger partial charge in [-0.2, -0.15) is 0 Å². The third-order valence-electron chi connectivity index (χ3n) is 4.17. The third-order valence-corrected chi connectivity index (χ3v) is 4.17. The van der Waals surface area contributed by atoms with Crippen molar-refractivity contribution in [1.82, 2.24) is 15.5 Å². The molecular weight excluding hydrogens is 316 g/mol. The highest BCUT2D eigenvalue weighted by atomic mass is 16.6. The summed E-state index contributed by atoms with van der Waals surface area (Å²) in [5, 5.41) is 16.0. The first-order valence-electron chi connectivity index (χ1n) is 7.49. The fourth-order valence-corrected chi connectivity index (χ4v) is 2.60. The van der Waals surface area contributed by atoms with Gasteiger partial charge in [-0.15, -0.1) is 0 Å². The minimum absolute atomic E-state index is 0.111. The molecule has 9 heteroatoms. The Morgan fingerprint density at radius 1 is 1.38 bits per heavy atom. The number of amides is 4. The van der Waals surface area contributed by atoms with Gasteiger partial charge in [0, 0.05) is 18.2 Å². The molecule has 1 aromatic carbocycles. The van der Waals surface area contributed by atoms with Gasteiger partial charge in [-0.3, -0.25) is 24.6 Å². The maximum atomic E-state index is 12.6. The van der Waals surface area contributed by atoms with Crippen molar-refractivity contribution < 1.29 is 19.3 Å². The van der Waals surface area contributed by atoms with Gasteiger partial charge in [0.1, 0.15) is 12.1 Å². The molecular formula is C15H16N4O5. The van der Waals surface area contributed by atoms with Crippen LogP contribution in [-0.4, -0.2) is 40.3 Å². The van der Waals surface area contributed by atoms with Gasteiger partial charge in [-0.05, 0) is 37.5 Å². The standard InChI is InChI=1S/C15H16N4O5/c1-15(9-2-6-11(7-3-9)19(23)24)13(21)18(14(22)17-15)8-12(20)16-10-4-5-10/h2-3,6-7,10H,4-5,8H2,1H3,(H,16,20)(H,17,22)/t15-/m1/s1. The summed E-state index contributed by atoms with van der Waals surface area (Å²) in [5.41, 5.74) is -1.05. The van der Waals surface area contributed by atoms with E-state index in [9.17, 15) is 24.5 Å². The maximum absolute atomic E-state index is 12.6. The minimum atomic E-state index is -1.36. The normalized spacial score (nSPS) is 23.1. The Balaban J connectivity index is 1.77. The van der Waals surface area contributed by atoms with Crippen molar-refractivity contribution in [3.05, 3.63) is 39.9 Å². The Morgan fingerprint density at radius 2 is 2.00 bits per heavy atom. The van der Waals surface area contributed by atoms with Crippen molar-refractivity contribution in [3.8, 4) is 0 Å². The molecule has 1 aliphatic carbocycles. The van der Waals surface area contributed by atoms with Gasteiger partial charge < -0.3 is 10.6 Å². The molecule has 0 spiro atoms. The SMILES string of the molecule is C[C@]1(c2ccc([N+](=O)[O-])cc2)NC(=O)N(CC(=O)NC2CC2)C1=O. The fraction of sp³-hybridized carbons (Fsp3) is 0.400. The highest BCUT2D eigenvalue weighted by Crippen LogP contribution is 2.30. The van der Waals surface area contributed by atoms with Crippen LogP contribution in [0.1, 0.15) is 25.3 Å². The van der Waals surface area contributed by atoms with Crippen molar-refractivity contribution in [2.75, 3.05) is 6.54 Å². The molecule has 2 fully saturated rings. The lowest BCUT2D eigenvalue weighted by atomic mass is 9.92. The molecule has 1 saturated heterocycles. The molecule has 4 amide bonds. The van der Waals surface area contributed by atoms with E-state index in [4.69, 9.17) is 0 Å². The zero-order valence-corrected chi connectivity index (χ0v) is 12.9. The Kier molecular flexibility index (Phi) is 3.70. The van der Waals surface area contributed by atoms with E-state index in [0.29, 0.717) is 5.56 Å². The average Bonchev–Trinajstić information content (AvgIpc) is 3.32. The molecule has 0 radical (unpaired) electrons. The first-order valence-corrected chi connectivity index (χ1v) is 7.49. The second-order valence-electron chi connectivity index (χ2n) is 6.09. The molecule has 3 rings (SSSR count). The number of nitro benzene ring substituents is 1. The van der Waals surface area contributed by atoms with E-state index >= 15 is 0 Å². The van der Waals surface area contributed by atoms with Crippen molar-refractivity contribution in [2.24, 2.45) is 0 Å². The summed E-state index contributed by atoms with van der Waals surface area (Å²) in [6.07, 6.45) is 1.82. The topological polar surface area (TPSA) is 122 Å². The smallest absolute Gasteiger partial charge is 0.325 e. The lowest BCUT2D eigenvalue weighted by Gasteiger charge is -2.22. The second-order valence-corrected chi connectivity index (χ2v) is 6.09. The van der Waals surface area contributed by atoms with E-state index in [1.54, 1.807) is 0 Å². The fourth-order valence-electron chi connectivity index (χ4n) is 2.60. The number of nitro groups is 1. The van der Waals surface area contributed by atoms with Crippen LogP contribution >= 0.6 is 0 Å². The molecule has 1 atom stereocenters. The molecule has 9 nitrogen and oxygen atoms in total. The molecule has 0 aromatic heterocycles. The molecule has 0 unspecified atom stereocenters. The molecule has 1 aromatic rings. The number of nitrogens with zero attached hydrogens (tertiary/aromatic N) is 2. The number of benzene rings is 1. The highest BCUT2D eigenvalue weighted by molar-refractivity contribution is 6.09. The second kappa shape index (κ2) is 5.59. The quantitative estimate of drug-likeness (QED) is 0.465. The molecule has 1 saturated carbocycles. The summed E-state index contributed by atoms with van der Waals surface area (Å²) in [6.45, 7) is 1.16. The molecule has 1 heterocycles. The van der Waals surface area contributed by atoms with E-state index in [0.717, 1.165) is 17.7 Å². The van der Waals surface area contributed by atoms with Crippen LogP contribution in [0.15, 0.2) is 24.3 Å². The van der Waals surface area contributed by atoms with Crippen molar-refractivity contribution in [3.63, 3.8) is 0 Å². The molecule has 2 N–H and O–H groups in total. The summed E-state index contributed by atoms with van der Waals surface area (Å²) >= 11 is 0. The zero-order valence-electron chi connectivity index (χ0n) is 12.9. The number of hydrogen-bond donors (Lipinski definition) is 2. The Bertz CT molecular complexity index is 728. The number of imide groups is 1. The first kappa shape index (κ1) is 15.9. The number of urea groups is 1. The van der Waals surface area contributed by atoms with Crippen LogP contribution in [0, 0.1) is 10.1 Å². The predicted octanol–water partition coefficient (Wildman–Crippen LogP) is 0.640. The average molecular weight is 332 g/mol. The van der Waals surface area contributed by atoms with Gasteiger partial charge in [0.05, 0.1) is 4.92 Å².